The smallest absolute Gasteiger partial charge is 0.0122 e. The third-order valence-electron chi connectivity index (χ3n) is 4.75. The van der Waals surface area contributed by atoms with Gasteiger partial charge in [0.25, 0.3) is 0 Å². The number of rotatable bonds is 5. The van der Waals surface area contributed by atoms with Crippen LogP contribution < -0.4 is 5.73 Å². The molecule has 0 bridgehead atoms. The van der Waals surface area contributed by atoms with Crippen molar-refractivity contribution < 1.29 is 0 Å². The fourth-order valence-corrected chi connectivity index (χ4v) is 2.93. The van der Waals surface area contributed by atoms with E-state index in [1.165, 1.54) is 30.4 Å². The summed E-state index contributed by atoms with van der Waals surface area (Å²) in [6.07, 6.45) is 13.8. The van der Waals surface area contributed by atoms with Gasteiger partial charge in [0.2, 0.25) is 0 Å². The van der Waals surface area contributed by atoms with Crippen LogP contribution >= 0.6 is 0 Å². The molecule has 1 heteroatoms. The van der Waals surface area contributed by atoms with Crippen molar-refractivity contribution in [3.05, 3.63) is 47.2 Å². The van der Waals surface area contributed by atoms with Crippen LogP contribution in [0.5, 0.6) is 0 Å². The topological polar surface area (TPSA) is 26.0 Å². The number of hydrogen-bond acceptors (Lipinski definition) is 1. The molecule has 1 aliphatic rings. The average Bonchev–Trinajstić information content (AvgIpc) is 2.42. The molecule has 124 valence electrons. The summed E-state index contributed by atoms with van der Waals surface area (Å²) in [6.45, 7) is 15.5. The lowest BCUT2D eigenvalue weighted by Crippen LogP contribution is -2.24. The standard InChI is InChI=1S/C21H35N/c1-7-8-9-10-11-18(17(3)22)14-19-15-20(21(4,5)6)13-12-16(19)2/h10-11,14,20H,2,7-9,12-13,15,22H2,1,3-6H3/b11-10+,18-17?,19-14-. The maximum absolute atomic E-state index is 6.09. The maximum Gasteiger partial charge on any atom is 0.0122 e. The molecule has 1 fully saturated rings. The Labute approximate surface area is 138 Å². The maximum atomic E-state index is 6.09. The molecule has 1 unspecified atom stereocenters. The Hall–Kier alpha value is -1.24. The summed E-state index contributed by atoms with van der Waals surface area (Å²) in [5, 5.41) is 0. The number of allylic oxidation sites excluding steroid dienone is 7. The Morgan fingerprint density at radius 1 is 1.36 bits per heavy atom. The summed E-state index contributed by atoms with van der Waals surface area (Å²) < 4.78 is 0. The highest BCUT2D eigenvalue weighted by atomic mass is 14.6. The van der Waals surface area contributed by atoms with Gasteiger partial charge in [0.1, 0.15) is 0 Å². The molecule has 0 heterocycles. The van der Waals surface area contributed by atoms with E-state index in [0.717, 1.165) is 36.5 Å². The molecule has 2 N–H and O–H groups in total. The zero-order valence-corrected chi connectivity index (χ0v) is 15.3. The fraction of sp³-hybridized carbons (Fsp3) is 0.619. The van der Waals surface area contributed by atoms with Crippen LogP contribution in [0.1, 0.15) is 73.1 Å². The first-order valence-electron chi connectivity index (χ1n) is 8.77. The van der Waals surface area contributed by atoms with Crippen molar-refractivity contribution in [1.82, 2.24) is 0 Å². The van der Waals surface area contributed by atoms with E-state index >= 15 is 0 Å². The molecule has 1 saturated carbocycles. The van der Waals surface area contributed by atoms with Crippen molar-refractivity contribution in [2.45, 2.75) is 73.1 Å². The van der Waals surface area contributed by atoms with Gasteiger partial charge >= 0.3 is 0 Å². The average molecular weight is 302 g/mol. The summed E-state index contributed by atoms with van der Waals surface area (Å²) in [5.41, 5.74) is 11.2. The van der Waals surface area contributed by atoms with Crippen LogP contribution in [0.25, 0.3) is 0 Å². The second kappa shape index (κ2) is 8.41. The van der Waals surface area contributed by atoms with Crippen LogP contribution in [0, 0.1) is 11.3 Å². The van der Waals surface area contributed by atoms with Crippen LogP contribution in [-0.2, 0) is 0 Å². The van der Waals surface area contributed by atoms with E-state index in [-0.39, 0.29) is 0 Å². The molecule has 0 aromatic rings. The van der Waals surface area contributed by atoms with Crippen molar-refractivity contribution in [3.63, 3.8) is 0 Å². The van der Waals surface area contributed by atoms with Gasteiger partial charge in [-0.15, -0.1) is 0 Å². The minimum absolute atomic E-state index is 0.360. The molecular formula is C21H35N. The lowest BCUT2D eigenvalue weighted by atomic mass is 9.69. The van der Waals surface area contributed by atoms with Crippen LogP contribution in [0.4, 0.5) is 0 Å². The van der Waals surface area contributed by atoms with Gasteiger partial charge in [-0.05, 0) is 61.2 Å². The highest BCUT2D eigenvalue weighted by Gasteiger charge is 2.29. The quantitative estimate of drug-likeness (QED) is 0.468. The van der Waals surface area contributed by atoms with E-state index in [1.54, 1.807) is 0 Å². The van der Waals surface area contributed by atoms with Gasteiger partial charge in [-0.2, -0.15) is 0 Å². The first-order valence-corrected chi connectivity index (χ1v) is 8.77. The van der Waals surface area contributed by atoms with Gasteiger partial charge < -0.3 is 5.73 Å². The van der Waals surface area contributed by atoms with Gasteiger partial charge in [0.15, 0.2) is 0 Å². The summed E-state index contributed by atoms with van der Waals surface area (Å²) in [6, 6.07) is 0. The lowest BCUT2D eigenvalue weighted by Gasteiger charge is -2.36. The monoisotopic (exact) mass is 301 g/mol. The Balaban J connectivity index is 2.92. The Morgan fingerprint density at radius 2 is 2.05 bits per heavy atom. The predicted octanol–water partition coefficient (Wildman–Crippen LogP) is 6.29. The molecule has 0 amide bonds. The van der Waals surface area contributed by atoms with Crippen LogP contribution in [0.2, 0.25) is 0 Å². The van der Waals surface area contributed by atoms with Gasteiger partial charge in [0, 0.05) is 5.70 Å². The number of unbranched alkanes of at least 4 members (excludes halogenated alkanes) is 2. The Bertz CT molecular complexity index is 465. The fourth-order valence-electron chi connectivity index (χ4n) is 2.93. The van der Waals surface area contributed by atoms with Gasteiger partial charge in [-0.3, -0.25) is 0 Å². The second-order valence-electron chi connectivity index (χ2n) is 7.76. The molecule has 1 atom stereocenters. The zero-order valence-electron chi connectivity index (χ0n) is 15.3. The Kier molecular flexibility index (Phi) is 7.19. The molecule has 0 aromatic heterocycles. The normalized spacial score (nSPS) is 23.2. The van der Waals surface area contributed by atoms with E-state index in [2.05, 4.69) is 52.5 Å². The van der Waals surface area contributed by atoms with E-state index in [9.17, 15) is 0 Å². The second-order valence-corrected chi connectivity index (χ2v) is 7.76. The summed E-state index contributed by atoms with van der Waals surface area (Å²) in [4.78, 5) is 0. The molecule has 0 aliphatic heterocycles. The van der Waals surface area contributed by atoms with Crippen LogP contribution in [0.15, 0.2) is 47.2 Å². The third kappa shape index (κ3) is 5.87. The summed E-state index contributed by atoms with van der Waals surface area (Å²) in [7, 11) is 0. The van der Waals surface area contributed by atoms with Crippen LogP contribution in [0.3, 0.4) is 0 Å². The molecule has 0 saturated heterocycles. The van der Waals surface area contributed by atoms with E-state index < -0.39 is 0 Å². The van der Waals surface area contributed by atoms with E-state index in [4.69, 9.17) is 5.73 Å². The Morgan fingerprint density at radius 3 is 2.59 bits per heavy atom. The third-order valence-corrected chi connectivity index (χ3v) is 4.75. The van der Waals surface area contributed by atoms with Crippen molar-refractivity contribution in [2.24, 2.45) is 17.1 Å². The SMILES string of the molecule is C=C1CCC(C(C)(C)C)C/C1=C/C(/C=C/CCCC)=C(C)N. The van der Waals surface area contributed by atoms with Gasteiger partial charge in [0.05, 0.1) is 0 Å². The molecule has 1 rings (SSSR count). The van der Waals surface area contributed by atoms with E-state index in [1.807, 2.05) is 6.92 Å². The highest BCUT2D eigenvalue weighted by Crippen LogP contribution is 2.42. The van der Waals surface area contributed by atoms with Gasteiger partial charge in [-0.1, -0.05) is 64.8 Å². The number of nitrogens with two attached hydrogens (primary N) is 1. The summed E-state index contributed by atoms with van der Waals surface area (Å²) >= 11 is 0. The lowest BCUT2D eigenvalue weighted by molar-refractivity contribution is 0.215. The largest absolute Gasteiger partial charge is 0.402 e. The van der Waals surface area contributed by atoms with E-state index in [0.29, 0.717) is 5.41 Å². The molecule has 1 nitrogen and oxygen atoms in total. The van der Waals surface area contributed by atoms with Crippen molar-refractivity contribution in [3.8, 4) is 0 Å². The molecule has 0 radical (unpaired) electrons. The molecular weight excluding hydrogens is 266 g/mol. The highest BCUT2D eigenvalue weighted by molar-refractivity contribution is 5.43. The van der Waals surface area contributed by atoms with Gasteiger partial charge in [-0.25, -0.2) is 0 Å². The van der Waals surface area contributed by atoms with Crippen molar-refractivity contribution >= 4 is 0 Å². The molecule has 0 aromatic carbocycles. The first-order chi connectivity index (χ1) is 10.3. The van der Waals surface area contributed by atoms with Crippen molar-refractivity contribution in [2.75, 3.05) is 0 Å². The first kappa shape index (κ1) is 18.8. The van der Waals surface area contributed by atoms with Crippen LogP contribution in [-0.4, -0.2) is 0 Å². The molecule has 0 spiro atoms. The molecule has 22 heavy (non-hydrogen) atoms. The summed E-state index contributed by atoms with van der Waals surface area (Å²) in [5.74, 6) is 0.729. The number of hydrogen-bond donors (Lipinski definition) is 1. The predicted molar refractivity (Wildman–Crippen MR) is 99.6 cm³/mol. The van der Waals surface area contributed by atoms with Crippen molar-refractivity contribution in [1.29, 1.82) is 0 Å². The minimum Gasteiger partial charge on any atom is -0.402 e. The molecule has 1 aliphatic carbocycles. The zero-order chi connectivity index (χ0) is 16.8. The minimum atomic E-state index is 0.360.